The highest BCUT2D eigenvalue weighted by Crippen LogP contribution is 2.54. The first kappa shape index (κ1) is 22.1. The topological polar surface area (TPSA) is 57.5 Å². The number of halogens is 4. The van der Waals surface area contributed by atoms with Crippen LogP contribution in [-0.4, -0.2) is 16.0 Å². The van der Waals surface area contributed by atoms with E-state index in [1.54, 1.807) is 48.5 Å². The second-order valence-electron chi connectivity index (χ2n) is 7.75. The third-order valence-electron chi connectivity index (χ3n) is 6.05. The van der Waals surface area contributed by atoms with E-state index in [0.29, 0.717) is 33.4 Å². The van der Waals surface area contributed by atoms with E-state index in [4.69, 9.17) is 46.4 Å². The van der Waals surface area contributed by atoms with Crippen LogP contribution in [0.5, 0.6) is 11.5 Å². The lowest BCUT2D eigenvalue weighted by atomic mass is 9.59. The number of hydrogen-bond acceptors (Lipinski definition) is 3. The molecule has 0 fully saturated rings. The van der Waals surface area contributed by atoms with Crippen molar-refractivity contribution in [3.8, 4) is 11.5 Å². The summed E-state index contributed by atoms with van der Waals surface area (Å²) < 4.78 is 0. The maximum atomic E-state index is 13.5. The van der Waals surface area contributed by atoms with Gasteiger partial charge in [-0.25, -0.2) is 0 Å². The van der Waals surface area contributed by atoms with Gasteiger partial charge in [0.25, 0.3) is 0 Å². The van der Waals surface area contributed by atoms with E-state index in [1.807, 2.05) is 24.3 Å². The van der Waals surface area contributed by atoms with Crippen LogP contribution in [-0.2, 0) is 5.41 Å². The van der Waals surface area contributed by atoms with Gasteiger partial charge in [-0.2, -0.15) is 0 Å². The van der Waals surface area contributed by atoms with Gasteiger partial charge in [-0.1, -0.05) is 94.9 Å². The lowest BCUT2D eigenvalue weighted by Crippen LogP contribution is -2.38. The predicted molar refractivity (Wildman–Crippen MR) is 132 cm³/mol. The molecule has 4 aromatic rings. The lowest BCUT2D eigenvalue weighted by Gasteiger charge is -2.42. The van der Waals surface area contributed by atoms with Crippen LogP contribution in [0.25, 0.3) is 0 Å². The minimum atomic E-state index is -1.12. The standard InChI is InChI=1S/C26H14Cl4O3/c27-19-9-13(10-20(28)24(19)32)26(14-11-21(29)25(33)22(30)12-14)17-7-3-1-5-15(17)23(31)16-6-2-4-8-18(16)26/h1-12,32-33H. The van der Waals surface area contributed by atoms with Gasteiger partial charge in [0.05, 0.1) is 25.5 Å². The highest BCUT2D eigenvalue weighted by molar-refractivity contribution is 6.38. The first-order valence-electron chi connectivity index (χ1n) is 9.87. The molecule has 0 radical (unpaired) electrons. The summed E-state index contributed by atoms with van der Waals surface area (Å²) in [6.45, 7) is 0. The monoisotopic (exact) mass is 514 g/mol. The molecule has 0 atom stereocenters. The molecule has 3 nitrogen and oxygen atoms in total. The summed E-state index contributed by atoms with van der Waals surface area (Å²) in [5.41, 5.74) is 2.41. The fraction of sp³-hybridized carbons (Fsp3) is 0.0385. The van der Waals surface area contributed by atoms with Gasteiger partial charge < -0.3 is 10.2 Å². The Kier molecular flexibility index (Phi) is 5.34. The summed E-state index contributed by atoms with van der Waals surface area (Å²) in [5, 5.41) is 20.7. The first-order chi connectivity index (χ1) is 15.8. The fourth-order valence-electron chi connectivity index (χ4n) is 4.66. The summed E-state index contributed by atoms with van der Waals surface area (Å²) in [7, 11) is 0. The molecule has 1 aliphatic carbocycles. The molecule has 1 aliphatic rings. The highest BCUT2D eigenvalue weighted by Gasteiger charge is 2.47. The molecule has 4 aromatic carbocycles. The summed E-state index contributed by atoms with van der Waals surface area (Å²) >= 11 is 25.5. The van der Waals surface area contributed by atoms with E-state index >= 15 is 0 Å². The second-order valence-corrected chi connectivity index (χ2v) is 9.38. The van der Waals surface area contributed by atoms with Crippen molar-refractivity contribution >= 4 is 52.2 Å². The van der Waals surface area contributed by atoms with Crippen LogP contribution < -0.4 is 0 Å². The zero-order valence-electron chi connectivity index (χ0n) is 16.7. The summed E-state index contributed by atoms with van der Waals surface area (Å²) in [6.07, 6.45) is 0. The quantitative estimate of drug-likeness (QED) is 0.254. The van der Waals surface area contributed by atoms with Crippen molar-refractivity contribution in [2.24, 2.45) is 0 Å². The maximum absolute atomic E-state index is 13.5. The van der Waals surface area contributed by atoms with Gasteiger partial charge in [0.2, 0.25) is 0 Å². The second kappa shape index (κ2) is 7.96. The van der Waals surface area contributed by atoms with E-state index < -0.39 is 5.41 Å². The van der Waals surface area contributed by atoms with Gasteiger partial charge >= 0.3 is 0 Å². The number of ketones is 1. The molecule has 0 heterocycles. The molecule has 0 saturated carbocycles. The molecule has 5 rings (SSSR count). The maximum Gasteiger partial charge on any atom is 0.193 e. The largest absolute Gasteiger partial charge is 0.505 e. The van der Waals surface area contributed by atoms with Crippen LogP contribution in [0.1, 0.15) is 38.2 Å². The molecular formula is C26H14Cl4O3. The van der Waals surface area contributed by atoms with Gasteiger partial charge in [0.15, 0.2) is 17.3 Å². The Morgan fingerprint density at radius 1 is 0.576 bits per heavy atom. The van der Waals surface area contributed by atoms with Crippen molar-refractivity contribution in [1.29, 1.82) is 0 Å². The van der Waals surface area contributed by atoms with Crippen molar-refractivity contribution in [1.82, 2.24) is 0 Å². The smallest absolute Gasteiger partial charge is 0.193 e. The zero-order valence-corrected chi connectivity index (χ0v) is 19.8. The summed E-state index contributed by atoms with van der Waals surface area (Å²) in [6, 6.07) is 20.9. The lowest BCUT2D eigenvalue weighted by molar-refractivity contribution is 0.103. The van der Waals surface area contributed by atoms with Crippen LogP contribution in [0.15, 0.2) is 72.8 Å². The Hall–Kier alpha value is -2.69. The first-order valence-corrected chi connectivity index (χ1v) is 11.4. The average Bonchev–Trinajstić information content (AvgIpc) is 2.81. The van der Waals surface area contributed by atoms with Crippen LogP contribution in [0, 0.1) is 0 Å². The van der Waals surface area contributed by atoms with E-state index in [0.717, 1.165) is 0 Å². The molecule has 0 aromatic heterocycles. The van der Waals surface area contributed by atoms with Gasteiger partial charge in [-0.3, -0.25) is 4.79 Å². The van der Waals surface area contributed by atoms with Crippen LogP contribution in [0.2, 0.25) is 20.1 Å². The number of carbonyl (C=O) groups excluding carboxylic acids is 1. The number of aromatic hydroxyl groups is 2. The number of hydrogen-bond donors (Lipinski definition) is 2. The van der Waals surface area contributed by atoms with E-state index in [-0.39, 0.29) is 37.4 Å². The highest BCUT2D eigenvalue weighted by atomic mass is 35.5. The number of carbonyl (C=O) groups is 1. The number of fused-ring (bicyclic) bond motifs is 2. The Morgan fingerprint density at radius 2 is 0.909 bits per heavy atom. The van der Waals surface area contributed by atoms with Crippen molar-refractivity contribution in [2.75, 3.05) is 0 Å². The SMILES string of the molecule is O=C1c2ccccc2C(c2cc(Cl)c(O)c(Cl)c2)(c2cc(Cl)c(O)c(Cl)c2)c2ccccc21. The molecule has 0 saturated heterocycles. The molecule has 33 heavy (non-hydrogen) atoms. The fourth-order valence-corrected chi connectivity index (χ4v) is 5.63. The van der Waals surface area contributed by atoms with Crippen molar-refractivity contribution in [2.45, 2.75) is 5.41 Å². The molecule has 164 valence electrons. The third-order valence-corrected chi connectivity index (χ3v) is 7.20. The molecule has 2 N–H and O–H groups in total. The Bertz CT molecular complexity index is 1310. The normalized spacial score (nSPS) is 14.0. The van der Waals surface area contributed by atoms with E-state index in [1.165, 1.54) is 0 Å². The number of phenols is 2. The molecule has 0 aliphatic heterocycles. The molecule has 0 amide bonds. The number of rotatable bonds is 2. The average molecular weight is 516 g/mol. The third kappa shape index (κ3) is 3.15. The van der Waals surface area contributed by atoms with E-state index in [2.05, 4.69) is 0 Å². The molecule has 7 heteroatoms. The van der Waals surface area contributed by atoms with Gasteiger partial charge in [-0.05, 0) is 46.5 Å². The Balaban J connectivity index is 2.04. The molecule has 0 spiro atoms. The van der Waals surface area contributed by atoms with Gasteiger partial charge in [-0.15, -0.1) is 0 Å². The minimum Gasteiger partial charge on any atom is -0.505 e. The van der Waals surface area contributed by atoms with Crippen molar-refractivity contribution in [3.63, 3.8) is 0 Å². The summed E-state index contributed by atoms with van der Waals surface area (Å²) in [5.74, 6) is -0.608. The zero-order chi connectivity index (χ0) is 23.5. The van der Waals surface area contributed by atoms with Gasteiger partial charge in [0.1, 0.15) is 0 Å². The molecular weight excluding hydrogens is 502 g/mol. The van der Waals surface area contributed by atoms with Crippen LogP contribution in [0.4, 0.5) is 0 Å². The van der Waals surface area contributed by atoms with Crippen LogP contribution in [0.3, 0.4) is 0 Å². The summed E-state index contributed by atoms with van der Waals surface area (Å²) in [4.78, 5) is 13.5. The number of benzene rings is 4. The van der Waals surface area contributed by atoms with Crippen LogP contribution >= 0.6 is 46.4 Å². The molecule has 0 bridgehead atoms. The minimum absolute atomic E-state index is 0.0553. The van der Waals surface area contributed by atoms with Crippen molar-refractivity contribution in [3.05, 3.63) is 126 Å². The predicted octanol–water partition coefficient (Wildman–Crippen LogP) is 7.64. The number of phenolic OH excluding ortho intramolecular Hbond substituents is 2. The Labute approximate surface area is 209 Å². The van der Waals surface area contributed by atoms with Crippen molar-refractivity contribution < 1.29 is 15.0 Å². The van der Waals surface area contributed by atoms with Gasteiger partial charge in [0, 0.05) is 11.1 Å². The molecule has 0 unspecified atom stereocenters. The van der Waals surface area contributed by atoms with E-state index in [9.17, 15) is 15.0 Å². The Morgan fingerprint density at radius 3 is 1.27 bits per heavy atom.